The van der Waals surface area contributed by atoms with Crippen molar-refractivity contribution in [3.05, 3.63) is 29.3 Å². The van der Waals surface area contributed by atoms with Crippen LogP contribution in [-0.2, 0) is 14.8 Å². The zero-order valence-corrected chi connectivity index (χ0v) is 11.6. The van der Waals surface area contributed by atoms with E-state index in [1.165, 1.54) is 18.2 Å². The summed E-state index contributed by atoms with van der Waals surface area (Å²) in [5.74, 6) is -1.20. The monoisotopic (exact) mass is 291 g/mol. The molecule has 0 saturated carbocycles. The highest BCUT2D eigenvalue weighted by molar-refractivity contribution is 7.89. The number of carboxylic acids is 1. The van der Waals surface area contributed by atoms with Gasteiger partial charge in [0.15, 0.2) is 0 Å². The van der Waals surface area contributed by atoms with Gasteiger partial charge < -0.3 is 5.11 Å². The smallest absolute Gasteiger partial charge is 0.318 e. The van der Waals surface area contributed by atoms with Crippen LogP contribution in [0.5, 0.6) is 0 Å². The van der Waals surface area contributed by atoms with Crippen molar-refractivity contribution in [2.75, 3.05) is 6.54 Å². The molecule has 0 atom stereocenters. The highest BCUT2D eigenvalue weighted by Crippen LogP contribution is 2.21. The molecule has 1 N–H and O–H groups in total. The summed E-state index contributed by atoms with van der Waals surface area (Å²) in [6.07, 6.45) is 0. The van der Waals surface area contributed by atoms with Crippen LogP contribution < -0.4 is 0 Å². The number of halogens is 1. The van der Waals surface area contributed by atoms with E-state index in [1.807, 2.05) is 0 Å². The summed E-state index contributed by atoms with van der Waals surface area (Å²) in [5, 5.41) is 9.05. The van der Waals surface area contributed by atoms with Gasteiger partial charge in [0.05, 0.1) is 4.90 Å². The molecule has 0 bridgehead atoms. The summed E-state index contributed by atoms with van der Waals surface area (Å²) in [7, 11) is -3.85. The first-order chi connectivity index (χ1) is 8.25. The second kappa shape index (κ2) is 5.69. The number of benzene rings is 1. The predicted molar refractivity (Wildman–Crippen MR) is 68.1 cm³/mol. The average Bonchev–Trinajstić information content (AvgIpc) is 2.25. The van der Waals surface area contributed by atoms with Gasteiger partial charge in [0.2, 0.25) is 10.0 Å². The Morgan fingerprint density at radius 3 is 2.50 bits per heavy atom. The Morgan fingerprint density at radius 2 is 2.06 bits per heavy atom. The highest BCUT2D eigenvalue weighted by Gasteiger charge is 2.28. The Labute approximate surface area is 111 Å². The molecule has 0 aliphatic rings. The van der Waals surface area contributed by atoms with Crippen LogP contribution in [0.2, 0.25) is 5.02 Å². The summed E-state index contributed by atoms with van der Waals surface area (Å²) in [6.45, 7) is 2.66. The van der Waals surface area contributed by atoms with Gasteiger partial charge in [-0.25, -0.2) is 8.42 Å². The molecule has 0 unspecified atom stereocenters. The quantitative estimate of drug-likeness (QED) is 0.898. The van der Waals surface area contributed by atoms with Crippen LogP contribution in [0, 0.1) is 0 Å². The normalized spacial score (nSPS) is 12.1. The van der Waals surface area contributed by atoms with Gasteiger partial charge in [0, 0.05) is 11.1 Å². The second-order valence-corrected chi connectivity index (χ2v) is 6.32. The molecule has 0 heterocycles. The lowest BCUT2D eigenvalue weighted by atomic mass is 10.4. The molecule has 1 aromatic carbocycles. The Kier molecular flexibility index (Phi) is 4.72. The number of hydrogen-bond acceptors (Lipinski definition) is 3. The largest absolute Gasteiger partial charge is 0.480 e. The summed E-state index contributed by atoms with van der Waals surface area (Å²) in [4.78, 5) is 10.7. The summed E-state index contributed by atoms with van der Waals surface area (Å²) < 4.78 is 25.4. The van der Waals surface area contributed by atoms with Crippen molar-refractivity contribution in [3.8, 4) is 0 Å². The molecular formula is C11H14ClNO4S. The van der Waals surface area contributed by atoms with E-state index in [1.54, 1.807) is 19.9 Å². The van der Waals surface area contributed by atoms with Crippen molar-refractivity contribution < 1.29 is 18.3 Å². The zero-order valence-electron chi connectivity index (χ0n) is 10.00. The number of sulfonamides is 1. The van der Waals surface area contributed by atoms with E-state index in [4.69, 9.17) is 16.7 Å². The predicted octanol–water partition coefficient (Wildman–Crippen LogP) is 1.82. The average molecular weight is 292 g/mol. The first-order valence-corrected chi connectivity index (χ1v) is 7.06. The third-order valence-corrected chi connectivity index (χ3v) is 4.52. The van der Waals surface area contributed by atoms with Gasteiger partial charge in [-0.05, 0) is 32.0 Å². The molecule has 0 amide bonds. The van der Waals surface area contributed by atoms with Crippen LogP contribution >= 0.6 is 11.6 Å². The number of aliphatic carboxylic acids is 1. The minimum absolute atomic E-state index is 0.00931. The van der Waals surface area contributed by atoms with Crippen LogP contribution in [0.4, 0.5) is 0 Å². The van der Waals surface area contributed by atoms with Gasteiger partial charge in [-0.2, -0.15) is 4.31 Å². The van der Waals surface area contributed by atoms with E-state index >= 15 is 0 Å². The standard InChI is InChI=1S/C11H14ClNO4S/c1-8(2)13(7-11(14)15)18(16,17)10-5-3-4-9(12)6-10/h3-6,8H,7H2,1-2H3,(H,14,15). The molecular weight excluding hydrogens is 278 g/mol. The van der Waals surface area contributed by atoms with E-state index in [2.05, 4.69) is 0 Å². The third kappa shape index (κ3) is 3.44. The lowest BCUT2D eigenvalue weighted by Gasteiger charge is -2.24. The van der Waals surface area contributed by atoms with Crippen LogP contribution in [0.15, 0.2) is 29.2 Å². The van der Waals surface area contributed by atoms with Crippen molar-refractivity contribution in [3.63, 3.8) is 0 Å². The molecule has 1 aromatic rings. The van der Waals surface area contributed by atoms with E-state index in [0.29, 0.717) is 0 Å². The Balaban J connectivity index is 3.21. The molecule has 0 spiro atoms. The molecule has 0 aliphatic heterocycles. The van der Waals surface area contributed by atoms with Crippen molar-refractivity contribution in [2.45, 2.75) is 24.8 Å². The molecule has 0 radical (unpaired) electrons. The number of hydrogen-bond donors (Lipinski definition) is 1. The van der Waals surface area contributed by atoms with Gasteiger partial charge in [0.25, 0.3) is 0 Å². The van der Waals surface area contributed by atoms with E-state index in [9.17, 15) is 13.2 Å². The molecule has 0 aliphatic carbocycles. The van der Waals surface area contributed by atoms with E-state index in [0.717, 1.165) is 4.31 Å². The maximum atomic E-state index is 12.3. The number of rotatable bonds is 5. The molecule has 18 heavy (non-hydrogen) atoms. The van der Waals surface area contributed by atoms with Crippen molar-refractivity contribution in [2.24, 2.45) is 0 Å². The lowest BCUT2D eigenvalue weighted by molar-refractivity contribution is -0.137. The first kappa shape index (κ1) is 14.9. The van der Waals surface area contributed by atoms with Gasteiger partial charge >= 0.3 is 5.97 Å². The second-order valence-electron chi connectivity index (χ2n) is 4.00. The van der Waals surface area contributed by atoms with E-state index in [-0.39, 0.29) is 9.92 Å². The fraction of sp³-hybridized carbons (Fsp3) is 0.364. The van der Waals surface area contributed by atoms with Crippen molar-refractivity contribution in [1.82, 2.24) is 4.31 Å². The molecule has 0 fully saturated rings. The van der Waals surface area contributed by atoms with E-state index < -0.39 is 28.6 Å². The van der Waals surface area contributed by atoms with Crippen LogP contribution in [0.25, 0.3) is 0 Å². The van der Waals surface area contributed by atoms with Gasteiger partial charge in [-0.1, -0.05) is 17.7 Å². The van der Waals surface area contributed by atoms with Gasteiger partial charge in [-0.15, -0.1) is 0 Å². The first-order valence-electron chi connectivity index (χ1n) is 5.24. The summed E-state index contributed by atoms with van der Waals surface area (Å²) in [6, 6.07) is 5.29. The Morgan fingerprint density at radius 1 is 1.44 bits per heavy atom. The number of carboxylic acid groups (broad SMARTS) is 1. The molecule has 0 aromatic heterocycles. The van der Waals surface area contributed by atoms with Crippen molar-refractivity contribution in [1.29, 1.82) is 0 Å². The minimum atomic E-state index is -3.85. The maximum Gasteiger partial charge on any atom is 0.318 e. The number of nitrogens with zero attached hydrogens (tertiary/aromatic N) is 1. The maximum absolute atomic E-state index is 12.3. The van der Waals surface area contributed by atoms with Crippen molar-refractivity contribution >= 4 is 27.6 Å². The SMILES string of the molecule is CC(C)N(CC(=O)O)S(=O)(=O)c1cccc(Cl)c1. The minimum Gasteiger partial charge on any atom is -0.480 e. The fourth-order valence-corrected chi connectivity index (χ4v) is 3.33. The summed E-state index contributed by atoms with van der Waals surface area (Å²) >= 11 is 5.74. The number of carbonyl (C=O) groups is 1. The summed E-state index contributed by atoms with van der Waals surface area (Å²) in [5.41, 5.74) is 0. The molecule has 5 nitrogen and oxygen atoms in total. The lowest BCUT2D eigenvalue weighted by Crippen LogP contribution is -2.40. The highest BCUT2D eigenvalue weighted by atomic mass is 35.5. The van der Waals surface area contributed by atoms with Crippen LogP contribution in [-0.4, -0.2) is 36.4 Å². The Bertz CT molecular complexity index is 542. The zero-order chi connectivity index (χ0) is 13.9. The van der Waals surface area contributed by atoms with Crippen LogP contribution in [0.1, 0.15) is 13.8 Å². The van der Waals surface area contributed by atoms with Crippen LogP contribution in [0.3, 0.4) is 0 Å². The molecule has 0 saturated heterocycles. The molecule has 7 heteroatoms. The van der Waals surface area contributed by atoms with Gasteiger partial charge in [-0.3, -0.25) is 4.79 Å². The Hall–Kier alpha value is -1.11. The molecule has 1 rings (SSSR count). The topological polar surface area (TPSA) is 74.7 Å². The molecule has 100 valence electrons. The fourth-order valence-electron chi connectivity index (χ4n) is 1.44. The third-order valence-electron chi connectivity index (χ3n) is 2.27. The van der Waals surface area contributed by atoms with Gasteiger partial charge in [0.1, 0.15) is 6.54 Å².